The van der Waals surface area contributed by atoms with Crippen LogP contribution in [-0.4, -0.2) is 32.5 Å². The van der Waals surface area contributed by atoms with Gasteiger partial charge in [-0.05, 0) is 23.6 Å². The van der Waals surface area contributed by atoms with Crippen molar-refractivity contribution in [3.8, 4) is 0 Å². The van der Waals surface area contributed by atoms with Crippen LogP contribution in [-0.2, 0) is 6.54 Å². The summed E-state index contributed by atoms with van der Waals surface area (Å²) >= 11 is 0. The van der Waals surface area contributed by atoms with Crippen LogP contribution in [0.2, 0.25) is 0 Å². The quantitative estimate of drug-likeness (QED) is 0.400. The SMILES string of the molecule is CN=C(NCc1cccc(C(=O)NC)c1)NCC(C)C.I. The lowest BCUT2D eigenvalue weighted by Gasteiger charge is -2.13. The first-order chi connectivity index (χ1) is 9.56. The van der Waals surface area contributed by atoms with Crippen LogP contribution in [0.5, 0.6) is 0 Å². The fourth-order valence-corrected chi connectivity index (χ4v) is 1.67. The van der Waals surface area contributed by atoms with Crippen LogP contribution in [0.15, 0.2) is 29.3 Å². The minimum absolute atomic E-state index is 0. The average Bonchev–Trinajstić information content (AvgIpc) is 2.46. The molecule has 1 amide bonds. The molecule has 0 heterocycles. The van der Waals surface area contributed by atoms with Gasteiger partial charge in [0.15, 0.2) is 5.96 Å². The van der Waals surface area contributed by atoms with Gasteiger partial charge in [-0.1, -0.05) is 26.0 Å². The molecule has 0 spiro atoms. The zero-order valence-corrected chi connectivity index (χ0v) is 15.4. The van der Waals surface area contributed by atoms with Crippen molar-refractivity contribution < 1.29 is 4.79 Å². The summed E-state index contributed by atoms with van der Waals surface area (Å²) in [5, 5.41) is 9.10. The predicted octanol–water partition coefficient (Wildman–Crippen LogP) is 1.99. The predicted molar refractivity (Wildman–Crippen MR) is 98.3 cm³/mol. The number of hydrogen-bond acceptors (Lipinski definition) is 2. The van der Waals surface area contributed by atoms with Crippen LogP contribution < -0.4 is 16.0 Å². The first kappa shape index (κ1) is 19.7. The van der Waals surface area contributed by atoms with Gasteiger partial charge in [0.25, 0.3) is 5.91 Å². The van der Waals surface area contributed by atoms with Gasteiger partial charge in [0.2, 0.25) is 0 Å². The van der Waals surface area contributed by atoms with Gasteiger partial charge < -0.3 is 16.0 Å². The van der Waals surface area contributed by atoms with Crippen molar-refractivity contribution in [3.63, 3.8) is 0 Å². The van der Waals surface area contributed by atoms with E-state index in [9.17, 15) is 4.79 Å². The monoisotopic (exact) mass is 404 g/mol. The summed E-state index contributed by atoms with van der Waals surface area (Å²) in [7, 11) is 3.38. The van der Waals surface area contributed by atoms with Crippen molar-refractivity contribution in [2.75, 3.05) is 20.6 Å². The lowest BCUT2D eigenvalue weighted by molar-refractivity contribution is 0.0963. The second-order valence-corrected chi connectivity index (χ2v) is 4.98. The Balaban J connectivity index is 0.00000400. The number of halogens is 1. The number of carbonyl (C=O) groups is 1. The standard InChI is InChI=1S/C15H24N4O.HI/c1-11(2)9-18-15(17-4)19-10-12-6-5-7-13(8-12)14(20)16-3;/h5-8,11H,9-10H2,1-4H3,(H,16,20)(H2,17,18,19);1H. The fourth-order valence-electron chi connectivity index (χ4n) is 1.67. The van der Waals surface area contributed by atoms with Crippen molar-refractivity contribution in [1.82, 2.24) is 16.0 Å². The Bertz CT molecular complexity index is 474. The Labute approximate surface area is 144 Å². The third-order valence-electron chi connectivity index (χ3n) is 2.78. The van der Waals surface area contributed by atoms with E-state index in [0.717, 1.165) is 18.1 Å². The Kier molecular flexibility index (Phi) is 9.77. The molecule has 0 aliphatic heterocycles. The molecular formula is C15H25IN4O. The minimum Gasteiger partial charge on any atom is -0.356 e. The van der Waals surface area contributed by atoms with Crippen LogP contribution in [0.3, 0.4) is 0 Å². The summed E-state index contributed by atoms with van der Waals surface area (Å²) in [6, 6.07) is 7.54. The molecule has 1 aromatic rings. The molecule has 0 aromatic heterocycles. The number of benzene rings is 1. The summed E-state index contributed by atoms with van der Waals surface area (Å²) in [5.74, 6) is 1.25. The maximum atomic E-state index is 11.6. The van der Waals surface area contributed by atoms with E-state index in [4.69, 9.17) is 0 Å². The second kappa shape index (κ2) is 10.4. The molecule has 0 bridgehead atoms. The highest BCUT2D eigenvalue weighted by Crippen LogP contribution is 2.05. The molecule has 0 fully saturated rings. The number of carbonyl (C=O) groups excluding carboxylic acids is 1. The normalized spacial score (nSPS) is 10.8. The third kappa shape index (κ3) is 7.31. The van der Waals surface area contributed by atoms with E-state index < -0.39 is 0 Å². The number of nitrogens with one attached hydrogen (secondary N) is 3. The van der Waals surface area contributed by atoms with Crippen molar-refractivity contribution in [3.05, 3.63) is 35.4 Å². The van der Waals surface area contributed by atoms with Gasteiger partial charge in [-0.25, -0.2) is 0 Å². The van der Waals surface area contributed by atoms with Gasteiger partial charge in [0, 0.05) is 32.7 Å². The highest BCUT2D eigenvalue weighted by molar-refractivity contribution is 14.0. The number of hydrogen-bond donors (Lipinski definition) is 3. The molecular weight excluding hydrogens is 379 g/mol. The molecule has 118 valence electrons. The molecule has 0 saturated carbocycles. The molecule has 0 unspecified atom stereocenters. The van der Waals surface area contributed by atoms with Gasteiger partial charge in [0.1, 0.15) is 0 Å². The number of guanidine groups is 1. The van der Waals surface area contributed by atoms with E-state index in [-0.39, 0.29) is 29.9 Å². The largest absolute Gasteiger partial charge is 0.356 e. The van der Waals surface area contributed by atoms with Crippen molar-refractivity contribution in [2.45, 2.75) is 20.4 Å². The van der Waals surface area contributed by atoms with Gasteiger partial charge in [0.05, 0.1) is 0 Å². The number of aliphatic imine (C=N–C) groups is 1. The highest BCUT2D eigenvalue weighted by Gasteiger charge is 2.04. The first-order valence-corrected chi connectivity index (χ1v) is 6.82. The molecule has 3 N–H and O–H groups in total. The lowest BCUT2D eigenvalue weighted by atomic mass is 10.1. The van der Waals surface area contributed by atoms with Gasteiger partial charge >= 0.3 is 0 Å². The third-order valence-corrected chi connectivity index (χ3v) is 2.78. The van der Waals surface area contributed by atoms with Crippen molar-refractivity contribution in [1.29, 1.82) is 0 Å². The maximum absolute atomic E-state index is 11.6. The van der Waals surface area contributed by atoms with E-state index in [0.29, 0.717) is 18.0 Å². The zero-order chi connectivity index (χ0) is 15.0. The summed E-state index contributed by atoms with van der Waals surface area (Å²) < 4.78 is 0. The first-order valence-electron chi connectivity index (χ1n) is 6.82. The van der Waals surface area contributed by atoms with Crippen molar-refractivity contribution >= 4 is 35.8 Å². The minimum atomic E-state index is -0.0748. The van der Waals surface area contributed by atoms with Crippen LogP contribution in [0.25, 0.3) is 0 Å². The van der Waals surface area contributed by atoms with Crippen LogP contribution in [0.1, 0.15) is 29.8 Å². The maximum Gasteiger partial charge on any atom is 0.251 e. The molecule has 0 aliphatic carbocycles. The van der Waals surface area contributed by atoms with Gasteiger partial charge in [-0.15, -0.1) is 24.0 Å². The summed E-state index contributed by atoms with van der Waals surface area (Å²) in [6.45, 7) is 5.79. The molecule has 6 heteroatoms. The molecule has 0 aliphatic rings. The highest BCUT2D eigenvalue weighted by atomic mass is 127. The molecule has 21 heavy (non-hydrogen) atoms. The van der Waals surface area contributed by atoms with E-state index in [1.54, 1.807) is 20.2 Å². The number of amides is 1. The van der Waals surface area contributed by atoms with E-state index >= 15 is 0 Å². The van der Waals surface area contributed by atoms with Crippen LogP contribution in [0.4, 0.5) is 0 Å². The Morgan fingerprint density at radius 2 is 2.00 bits per heavy atom. The van der Waals surface area contributed by atoms with Crippen LogP contribution >= 0.6 is 24.0 Å². The Morgan fingerprint density at radius 1 is 1.29 bits per heavy atom. The smallest absolute Gasteiger partial charge is 0.251 e. The molecule has 0 radical (unpaired) electrons. The topological polar surface area (TPSA) is 65.5 Å². The second-order valence-electron chi connectivity index (χ2n) is 4.98. The number of rotatable bonds is 5. The van der Waals surface area contributed by atoms with E-state index in [2.05, 4.69) is 34.8 Å². The average molecular weight is 404 g/mol. The van der Waals surface area contributed by atoms with Crippen molar-refractivity contribution in [2.24, 2.45) is 10.9 Å². The van der Waals surface area contributed by atoms with Crippen LogP contribution in [0, 0.1) is 5.92 Å². The van der Waals surface area contributed by atoms with Gasteiger partial charge in [-0.3, -0.25) is 9.79 Å². The van der Waals surface area contributed by atoms with Gasteiger partial charge in [-0.2, -0.15) is 0 Å². The molecule has 1 aromatic carbocycles. The fraction of sp³-hybridized carbons (Fsp3) is 0.467. The molecule has 5 nitrogen and oxygen atoms in total. The summed E-state index contributed by atoms with van der Waals surface area (Å²) in [5.41, 5.74) is 1.70. The number of nitrogens with zero attached hydrogens (tertiary/aromatic N) is 1. The molecule has 0 saturated heterocycles. The zero-order valence-electron chi connectivity index (χ0n) is 13.1. The Hall–Kier alpha value is -1.31. The molecule has 0 atom stereocenters. The lowest BCUT2D eigenvalue weighted by Crippen LogP contribution is -2.38. The summed E-state index contributed by atoms with van der Waals surface area (Å²) in [6.07, 6.45) is 0. The Morgan fingerprint density at radius 3 is 2.57 bits per heavy atom. The van der Waals surface area contributed by atoms with E-state index in [1.807, 2.05) is 18.2 Å². The molecule has 1 rings (SSSR count). The summed E-state index contributed by atoms with van der Waals surface area (Å²) in [4.78, 5) is 15.7. The van der Waals surface area contributed by atoms with E-state index in [1.165, 1.54) is 0 Å².